The zero-order valence-corrected chi connectivity index (χ0v) is 14.6. The number of likely N-dealkylation sites (tertiary alicyclic amines) is 1. The van der Waals surface area contributed by atoms with Gasteiger partial charge in [-0.15, -0.1) is 0 Å². The molecule has 24 heavy (non-hydrogen) atoms. The third-order valence-electron chi connectivity index (χ3n) is 4.44. The summed E-state index contributed by atoms with van der Waals surface area (Å²) in [6.07, 6.45) is 3.77. The molecule has 7 heteroatoms. The first-order valence-electron chi connectivity index (χ1n) is 7.98. The molecule has 0 amide bonds. The first-order valence-corrected chi connectivity index (χ1v) is 8.36. The molecule has 1 aliphatic rings. The maximum absolute atomic E-state index is 13.2. The van der Waals surface area contributed by atoms with Gasteiger partial charge in [0.15, 0.2) is 0 Å². The van der Waals surface area contributed by atoms with Gasteiger partial charge in [0.25, 0.3) is 0 Å². The molecule has 128 valence electrons. The Hall–Kier alpha value is -1.92. The fraction of sp³-hybridized carbons (Fsp3) is 0.412. The molecule has 0 unspecified atom stereocenters. The molecule has 0 aliphatic carbocycles. The van der Waals surface area contributed by atoms with E-state index in [0.29, 0.717) is 17.5 Å². The molecule has 1 fully saturated rings. The number of hydrogen-bond acceptors (Lipinski definition) is 5. The summed E-state index contributed by atoms with van der Waals surface area (Å²) in [5, 5.41) is 3.22. The smallest absolute Gasteiger partial charge is 0.141 e. The van der Waals surface area contributed by atoms with Gasteiger partial charge in [0.2, 0.25) is 0 Å². The van der Waals surface area contributed by atoms with Crippen molar-refractivity contribution in [1.29, 1.82) is 0 Å². The number of halogens is 2. The number of benzene rings is 1. The predicted octanol–water partition coefficient (Wildman–Crippen LogP) is 3.54. The van der Waals surface area contributed by atoms with E-state index in [4.69, 9.17) is 11.6 Å². The Kier molecular flexibility index (Phi) is 5.16. The van der Waals surface area contributed by atoms with E-state index in [0.717, 1.165) is 31.7 Å². The van der Waals surface area contributed by atoms with Gasteiger partial charge in [-0.05, 0) is 51.2 Å². The van der Waals surface area contributed by atoms with Gasteiger partial charge in [0, 0.05) is 24.8 Å². The van der Waals surface area contributed by atoms with E-state index in [9.17, 15) is 4.39 Å². The van der Waals surface area contributed by atoms with Gasteiger partial charge in [-0.25, -0.2) is 14.4 Å². The Morgan fingerprint density at radius 2 is 2.00 bits per heavy atom. The summed E-state index contributed by atoms with van der Waals surface area (Å²) in [4.78, 5) is 13.2. The van der Waals surface area contributed by atoms with Crippen molar-refractivity contribution in [3.05, 3.63) is 41.4 Å². The summed E-state index contributed by atoms with van der Waals surface area (Å²) >= 11 is 5.82. The van der Waals surface area contributed by atoms with Crippen molar-refractivity contribution in [1.82, 2.24) is 14.9 Å². The second-order valence-corrected chi connectivity index (χ2v) is 6.57. The van der Waals surface area contributed by atoms with Crippen LogP contribution in [0.15, 0.2) is 30.6 Å². The molecule has 3 rings (SSSR count). The molecule has 0 bridgehead atoms. The van der Waals surface area contributed by atoms with Gasteiger partial charge >= 0.3 is 0 Å². The number of anilines is 3. The van der Waals surface area contributed by atoms with Crippen LogP contribution in [-0.2, 0) is 0 Å². The van der Waals surface area contributed by atoms with E-state index in [1.165, 1.54) is 12.4 Å². The highest BCUT2D eigenvalue weighted by atomic mass is 35.5. The van der Waals surface area contributed by atoms with Gasteiger partial charge in [0.05, 0.1) is 5.02 Å². The summed E-state index contributed by atoms with van der Waals surface area (Å²) in [5.74, 6) is 1.09. The van der Waals surface area contributed by atoms with Gasteiger partial charge in [-0.2, -0.15) is 0 Å². The topological polar surface area (TPSA) is 44.3 Å². The highest BCUT2D eigenvalue weighted by molar-refractivity contribution is 6.31. The zero-order valence-electron chi connectivity index (χ0n) is 13.8. The van der Waals surface area contributed by atoms with Gasteiger partial charge < -0.3 is 15.1 Å². The third-order valence-corrected chi connectivity index (χ3v) is 4.73. The second kappa shape index (κ2) is 7.32. The van der Waals surface area contributed by atoms with Gasteiger partial charge in [-0.1, -0.05) is 11.6 Å². The molecule has 0 radical (unpaired) electrons. The Balaban J connectivity index is 1.72. The van der Waals surface area contributed by atoms with Crippen molar-refractivity contribution in [3.8, 4) is 0 Å². The average Bonchev–Trinajstić information content (AvgIpc) is 2.58. The van der Waals surface area contributed by atoms with Crippen LogP contribution < -0.4 is 10.2 Å². The molecule has 0 spiro atoms. The quantitative estimate of drug-likeness (QED) is 0.914. The minimum Gasteiger partial charge on any atom is -0.356 e. The third kappa shape index (κ3) is 3.94. The second-order valence-electron chi connectivity index (χ2n) is 6.16. The minimum absolute atomic E-state index is 0.0812. The Labute approximate surface area is 146 Å². The molecular formula is C17H21ClFN5. The lowest BCUT2D eigenvalue weighted by Crippen LogP contribution is -2.42. The fourth-order valence-corrected chi connectivity index (χ4v) is 3.08. The van der Waals surface area contributed by atoms with Crippen molar-refractivity contribution in [2.75, 3.05) is 37.4 Å². The summed E-state index contributed by atoms with van der Waals surface area (Å²) < 4.78 is 13.2. The fourth-order valence-electron chi connectivity index (χ4n) is 2.90. The van der Waals surface area contributed by atoms with Crippen molar-refractivity contribution in [2.45, 2.75) is 18.9 Å². The maximum Gasteiger partial charge on any atom is 0.141 e. The van der Waals surface area contributed by atoms with Crippen LogP contribution in [0.1, 0.15) is 12.8 Å². The van der Waals surface area contributed by atoms with Gasteiger partial charge in [-0.3, -0.25) is 0 Å². The average molecular weight is 350 g/mol. The predicted molar refractivity (Wildman–Crippen MR) is 95.6 cm³/mol. The van der Waals surface area contributed by atoms with Crippen LogP contribution in [-0.4, -0.2) is 48.1 Å². The van der Waals surface area contributed by atoms with Crippen molar-refractivity contribution < 1.29 is 4.39 Å². The summed E-state index contributed by atoms with van der Waals surface area (Å²) in [6, 6.07) is 6.87. The van der Waals surface area contributed by atoms with Crippen LogP contribution in [0, 0.1) is 5.82 Å². The van der Waals surface area contributed by atoms with Crippen molar-refractivity contribution in [2.24, 2.45) is 0 Å². The molecule has 1 saturated heterocycles. The van der Waals surface area contributed by atoms with E-state index in [2.05, 4.69) is 39.2 Å². The SMILES string of the molecule is CN1CCC(N(C)c2cc(Nc3ccc(F)c(Cl)c3)ncn2)CC1. The summed E-state index contributed by atoms with van der Waals surface area (Å²) in [6.45, 7) is 2.19. The number of aromatic nitrogens is 2. The van der Waals surface area contributed by atoms with E-state index in [-0.39, 0.29) is 5.02 Å². The van der Waals surface area contributed by atoms with Crippen LogP contribution in [0.2, 0.25) is 5.02 Å². The molecule has 2 aromatic rings. The van der Waals surface area contributed by atoms with Crippen LogP contribution in [0.5, 0.6) is 0 Å². The van der Waals surface area contributed by atoms with E-state index >= 15 is 0 Å². The summed E-state index contributed by atoms with van der Waals surface area (Å²) in [5.41, 5.74) is 0.688. The molecule has 5 nitrogen and oxygen atoms in total. The molecule has 0 atom stereocenters. The maximum atomic E-state index is 13.2. The number of nitrogens with one attached hydrogen (secondary N) is 1. The van der Waals surface area contributed by atoms with Gasteiger partial charge in [0.1, 0.15) is 23.8 Å². The molecular weight excluding hydrogens is 329 g/mol. The lowest BCUT2D eigenvalue weighted by Gasteiger charge is -2.35. The lowest BCUT2D eigenvalue weighted by molar-refractivity contribution is 0.252. The van der Waals surface area contributed by atoms with E-state index in [1.54, 1.807) is 12.1 Å². The highest BCUT2D eigenvalue weighted by Gasteiger charge is 2.21. The number of hydrogen-bond donors (Lipinski definition) is 1. The molecule has 0 saturated carbocycles. The zero-order chi connectivity index (χ0) is 17.1. The number of piperidine rings is 1. The first-order chi connectivity index (χ1) is 11.5. The Morgan fingerprint density at radius 3 is 2.71 bits per heavy atom. The Morgan fingerprint density at radius 1 is 1.25 bits per heavy atom. The van der Waals surface area contributed by atoms with E-state index in [1.807, 2.05) is 6.07 Å². The molecule has 1 aliphatic heterocycles. The van der Waals surface area contributed by atoms with Crippen LogP contribution >= 0.6 is 11.6 Å². The minimum atomic E-state index is -0.437. The molecule has 2 heterocycles. The van der Waals surface area contributed by atoms with Crippen LogP contribution in [0.25, 0.3) is 0 Å². The van der Waals surface area contributed by atoms with Crippen LogP contribution in [0.4, 0.5) is 21.7 Å². The Bertz CT molecular complexity index is 703. The highest BCUT2D eigenvalue weighted by Crippen LogP contribution is 2.25. The van der Waals surface area contributed by atoms with Crippen molar-refractivity contribution >= 4 is 28.9 Å². The van der Waals surface area contributed by atoms with E-state index < -0.39 is 5.82 Å². The normalized spacial score (nSPS) is 16.2. The number of nitrogens with zero attached hydrogens (tertiary/aromatic N) is 4. The lowest BCUT2D eigenvalue weighted by atomic mass is 10.0. The first kappa shape index (κ1) is 16.9. The standard InChI is InChI=1S/C17H21ClFN5/c1-23-7-5-13(6-8-23)24(2)17-10-16(20-11-21-17)22-12-3-4-15(19)14(18)9-12/h3-4,9-11,13H,5-8H2,1-2H3,(H,20,21,22). The molecule has 1 N–H and O–H groups in total. The van der Waals surface area contributed by atoms with Crippen molar-refractivity contribution in [3.63, 3.8) is 0 Å². The molecule has 1 aromatic carbocycles. The monoisotopic (exact) mass is 349 g/mol. The molecule has 1 aromatic heterocycles. The number of rotatable bonds is 4. The largest absolute Gasteiger partial charge is 0.356 e. The summed E-state index contributed by atoms with van der Waals surface area (Å²) in [7, 11) is 4.22. The van der Waals surface area contributed by atoms with Crippen LogP contribution in [0.3, 0.4) is 0 Å².